The van der Waals surface area contributed by atoms with Gasteiger partial charge in [0.05, 0.1) is 0 Å². The lowest BCUT2D eigenvalue weighted by Crippen LogP contribution is -2.51. The van der Waals surface area contributed by atoms with Crippen molar-refractivity contribution in [2.75, 3.05) is 32.7 Å². The number of ether oxygens (including phenoxy) is 1. The number of hydrogen-bond acceptors (Lipinski definition) is 6. The lowest BCUT2D eigenvalue weighted by atomic mass is 10.1. The summed E-state index contributed by atoms with van der Waals surface area (Å²) in [6.45, 7) is 7.11. The number of aromatic nitrogens is 2. The number of fused-ring (bicyclic) bond motifs is 1. The van der Waals surface area contributed by atoms with Crippen molar-refractivity contribution in [2.45, 2.75) is 19.1 Å². The molecule has 1 aromatic rings. The summed E-state index contributed by atoms with van der Waals surface area (Å²) in [6, 6.07) is 0.351. The SMILES string of the molecule is CC1(CN2CCNCC2)Cn2c([N+](=O)[O-])cnc2O1. The largest absolute Gasteiger partial charge is 0.435 e. The first kappa shape index (κ1) is 12.4. The molecule has 1 unspecified atom stereocenters. The molecule has 1 saturated heterocycles. The molecule has 2 aliphatic rings. The third-order valence-corrected chi connectivity index (χ3v) is 3.58. The van der Waals surface area contributed by atoms with Gasteiger partial charge in [0.25, 0.3) is 0 Å². The maximum atomic E-state index is 10.9. The highest BCUT2D eigenvalue weighted by atomic mass is 16.6. The maximum absolute atomic E-state index is 10.9. The summed E-state index contributed by atoms with van der Waals surface area (Å²) in [6.07, 6.45) is 1.25. The summed E-state index contributed by atoms with van der Waals surface area (Å²) in [5.74, 6) is -0.000893. The van der Waals surface area contributed by atoms with Crippen LogP contribution >= 0.6 is 0 Å². The standard InChI is InChI=1S/C11H17N5O3/c1-11(7-14-4-2-12-3-5-14)8-15-9(16(17)18)6-13-10(15)19-11/h6,12H,2-5,7-8H2,1H3. The monoisotopic (exact) mass is 267 g/mol. The first-order valence-electron chi connectivity index (χ1n) is 6.39. The first-order valence-corrected chi connectivity index (χ1v) is 6.39. The van der Waals surface area contributed by atoms with Crippen molar-refractivity contribution in [3.63, 3.8) is 0 Å². The number of nitrogens with one attached hydrogen (secondary N) is 1. The van der Waals surface area contributed by atoms with E-state index in [1.807, 2.05) is 6.92 Å². The summed E-state index contributed by atoms with van der Waals surface area (Å²) in [4.78, 5) is 16.8. The summed E-state index contributed by atoms with van der Waals surface area (Å²) < 4.78 is 7.36. The molecule has 0 radical (unpaired) electrons. The summed E-state index contributed by atoms with van der Waals surface area (Å²) >= 11 is 0. The van der Waals surface area contributed by atoms with Gasteiger partial charge in [-0.1, -0.05) is 0 Å². The van der Waals surface area contributed by atoms with Crippen LogP contribution in [0.5, 0.6) is 6.01 Å². The van der Waals surface area contributed by atoms with Crippen molar-refractivity contribution in [3.05, 3.63) is 16.3 Å². The van der Waals surface area contributed by atoms with Gasteiger partial charge in [-0.25, -0.2) is 0 Å². The molecule has 0 spiro atoms. The summed E-state index contributed by atoms with van der Waals surface area (Å²) in [5, 5.41) is 14.2. The van der Waals surface area contributed by atoms with E-state index in [2.05, 4.69) is 15.2 Å². The van der Waals surface area contributed by atoms with Gasteiger partial charge in [-0.2, -0.15) is 9.55 Å². The maximum Gasteiger partial charge on any atom is 0.391 e. The van der Waals surface area contributed by atoms with Gasteiger partial charge in [0.15, 0.2) is 5.60 Å². The van der Waals surface area contributed by atoms with E-state index in [0.29, 0.717) is 12.6 Å². The van der Waals surface area contributed by atoms with E-state index in [4.69, 9.17) is 4.74 Å². The number of piperazine rings is 1. The van der Waals surface area contributed by atoms with E-state index < -0.39 is 10.5 Å². The van der Waals surface area contributed by atoms with E-state index in [1.165, 1.54) is 6.20 Å². The fourth-order valence-electron chi connectivity index (χ4n) is 2.74. The van der Waals surface area contributed by atoms with Crippen LogP contribution in [0.15, 0.2) is 6.20 Å². The van der Waals surface area contributed by atoms with E-state index in [9.17, 15) is 10.1 Å². The second kappa shape index (κ2) is 4.46. The smallest absolute Gasteiger partial charge is 0.391 e. The normalized spacial score (nSPS) is 27.0. The Kier molecular flexibility index (Phi) is 2.90. The molecule has 104 valence electrons. The molecule has 2 aliphatic heterocycles. The molecule has 19 heavy (non-hydrogen) atoms. The Morgan fingerprint density at radius 1 is 1.58 bits per heavy atom. The average Bonchev–Trinajstić information content (AvgIpc) is 2.86. The molecule has 1 atom stereocenters. The predicted molar refractivity (Wildman–Crippen MR) is 67.2 cm³/mol. The fraction of sp³-hybridized carbons (Fsp3) is 0.727. The quantitative estimate of drug-likeness (QED) is 0.605. The zero-order valence-electron chi connectivity index (χ0n) is 10.8. The van der Waals surface area contributed by atoms with Crippen LogP contribution in [-0.2, 0) is 6.54 Å². The Labute approximate surface area is 110 Å². The Morgan fingerprint density at radius 2 is 2.32 bits per heavy atom. The van der Waals surface area contributed by atoms with Crippen molar-refractivity contribution in [2.24, 2.45) is 0 Å². The van der Waals surface area contributed by atoms with Gasteiger partial charge < -0.3 is 20.2 Å². The predicted octanol–water partition coefficient (Wildman–Crippen LogP) is -0.152. The van der Waals surface area contributed by atoms with E-state index >= 15 is 0 Å². The van der Waals surface area contributed by atoms with E-state index in [0.717, 1.165) is 32.7 Å². The Hall–Kier alpha value is -1.67. The van der Waals surface area contributed by atoms with Gasteiger partial charge >= 0.3 is 11.8 Å². The molecule has 3 heterocycles. The Balaban J connectivity index is 1.72. The highest BCUT2D eigenvalue weighted by Gasteiger charge is 2.43. The molecule has 0 amide bonds. The van der Waals surface area contributed by atoms with Gasteiger partial charge in [-0.3, -0.25) is 4.90 Å². The molecule has 1 N–H and O–H groups in total. The van der Waals surface area contributed by atoms with Gasteiger partial charge in [0.2, 0.25) is 0 Å². The minimum absolute atomic E-state index is 0.000893. The lowest BCUT2D eigenvalue weighted by Gasteiger charge is -2.32. The van der Waals surface area contributed by atoms with Crippen LogP contribution in [0, 0.1) is 10.1 Å². The number of hydrogen-bond donors (Lipinski definition) is 1. The topological polar surface area (TPSA) is 85.5 Å². The molecule has 0 aromatic carbocycles. The van der Waals surface area contributed by atoms with Crippen LogP contribution in [0.2, 0.25) is 0 Å². The molecule has 1 fully saturated rings. The molecule has 3 rings (SSSR count). The highest BCUT2D eigenvalue weighted by Crippen LogP contribution is 2.33. The second-order valence-corrected chi connectivity index (χ2v) is 5.32. The van der Waals surface area contributed by atoms with Crippen LogP contribution in [0.1, 0.15) is 6.92 Å². The van der Waals surface area contributed by atoms with Gasteiger partial charge in [-0.15, -0.1) is 0 Å². The number of nitrogens with zero attached hydrogens (tertiary/aromatic N) is 4. The zero-order chi connectivity index (χ0) is 13.5. The van der Waals surface area contributed by atoms with E-state index in [-0.39, 0.29) is 5.82 Å². The van der Waals surface area contributed by atoms with Crippen LogP contribution in [-0.4, -0.2) is 57.7 Å². The first-order chi connectivity index (χ1) is 9.07. The van der Waals surface area contributed by atoms with Crippen LogP contribution < -0.4 is 10.1 Å². The van der Waals surface area contributed by atoms with Crippen molar-refractivity contribution in [1.29, 1.82) is 0 Å². The Morgan fingerprint density at radius 3 is 3.00 bits per heavy atom. The number of rotatable bonds is 3. The third-order valence-electron chi connectivity index (χ3n) is 3.58. The molecular formula is C11H17N5O3. The van der Waals surface area contributed by atoms with Crippen molar-refractivity contribution < 1.29 is 9.66 Å². The zero-order valence-corrected chi connectivity index (χ0v) is 10.8. The van der Waals surface area contributed by atoms with Crippen molar-refractivity contribution in [3.8, 4) is 6.01 Å². The molecule has 0 saturated carbocycles. The number of imidazole rings is 1. The fourth-order valence-corrected chi connectivity index (χ4v) is 2.74. The summed E-state index contributed by atoms with van der Waals surface area (Å²) in [5.41, 5.74) is -0.439. The van der Waals surface area contributed by atoms with Gasteiger partial charge in [-0.05, 0) is 11.8 Å². The molecule has 0 aliphatic carbocycles. The lowest BCUT2D eigenvalue weighted by molar-refractivity contribution is -0.392. The molecule has 8 heteroatoms. The second-order valence-electron chi connectivity index (χ2n) is 5.32. The average molecular weight is 267 g/mol. The van der Waals surface area contributed by atoms with Crippen LogP contribution in [0.25, 0.3) is 0 Å². The third kappa shape index (κ3) is 2.28. The highest BCUT2D eigenvalue weighted by molar-refractivity contribution is 5.26. The van der Waals surface area contributed by atoms with Crippen molar-refractivity contribution in [1.82, 2.24) is 19.8 Å². The minimum atomic E-state index is -0.439. The van der Waals surface area contributed by atoms with Crippen molar-refractivity contribution >= 4 is 5.82 Å². The minimum Gasteiger partial charge on any atom is -0.435 e. The summed E-state index contributed by atoms with van der Waals surface area (Å²) in [7, 11) is 0. The van der Waals surface area contributed by atoms with Gasteiger partial charge in [0.1, 0.15) is 12.7 Å². The Bertz CT molecular complexity index is 497. The van der Waals surface area contributed by atoms with Crippen LogP contribution in [0.3, 0.4) is 0 Å². The molecule has 8 nitrogen and oxygen atoms in total. The van der Waals surface area contributed by atoms with Crippen LogP contribution in [0.4, 0.5) is 5.82 Å². The number of nitro groups is 1. The molecule has 1 aromatic heterocycles. The van der Waals surface area contributed by atoms with Gasteiger partial charge in [0, 0.05) is 32.7 Å². The molecule has 0 bridgehead atoms. The van der Waals surface area contributed by atoms with E-state index in [1.54, 1.807) is 4.57 Å². The molecular weight excluding hydrogens is 250 g/mol.